The van der Waals surface area contributed by atoms with Crippen molar-refractivity contribution in [3.8, 4) is 0 Å². The predicted octanol–water partition coefficient (Wildman–Crippen LogP) is 2.76. The van der Waals surface area contributed by atoms with Gasteiger partial charge in [0.1, 0.15) is 11.3 Å². The predicted molar refractivity (Wildman–Crippen MR) is 84.3 cm³/mol. The molecule has 0 spiro atoms. The molecule has 3 rings (SSSR count). The molecule has 1 saturated heterocycles. The van der Waals surface area contributed by atoms with Gasteiger partial charge in [-0.05, 0) is 26.0 Å². The molecule has 1 aliphatic rings. The summed E-state index contributed by atoms with van der Waals surface area (Å²) in [6.07, 6.45) is 2.67. The van der Waals surface area contributed by atoms with E-state index in [2.05, 4.69) is 28.4 Å². The number of rotatable bonds is 5. The third kappa shape index (κ3) is 3.12. The third-order valence-corrected chi connectivity index (χ3v) is 4.37. The second-order valence-electron chi connectivity index (χ2n) is 5.74. The maximum absolute atomic E-state index is 6.01. The van der Waals surface area contributed by atoms with Crippen LogP contribution in [0.2, 0.25) is 0 Å². The van der Waals surface area contributed by atoms with Crippen molar-refractivity contribution in [2.45, 2.75) is 32.0 Å². The quantitative estimate of drug-likeness (QED) is 0.918. The van der Waals surface area contributed by atoms with E-state index in [4.69, 9.17) is 9.15 Å². The minimum Gasteiger partial charge on any atom is -0.459 e. The molecule has 1 aromatic heterocycles. The van der Waals surface area contributed by atoms with Gasteiger partial charge in [-0.25, -0.2) is 0 Å². The van der Waals surface area contributed by atoms with Crippen LogP contribution < -0.4 is 5.32 Å². The first-order chi connectivity index (χ1) is 10.3. The highest BCUT2D eigenvalue weighted by Gasteiger charge is 2.21. The molecule has 0 atom stereocenters. The Bertz CT molecular complexity index is 585. The average Bonchev–Trinajstić information content (AvgIpc) is 2.86. The monoisotopic (exact) mass is 288 g/mol. The van der Waals surface area contributed by atoms with Crippen LogP contribution >= 0.6 is 0 Å². The molecule has 21 heavy (non-hydrogen) atoms. The maximum Gasteiger partial charge on any atom is 0.134 e. The zero-order valence-electron chi connectivity index (χ0n) is 12.9. The summed E-state index contributed by atoms with van der Waals surface area (Å²) in [5.41, 5.74) is 2.32. The molecular formula is C17H24N2O2. The molecule has 0 aliphatic carbocycles. The van der Waals surface area contributed by atoms with Crippen molar-refractivity contribution in [3.05, 3.63) is 35.6 Å². The summed E-state index contributed by atoms with van der Waals surface area (Å²) in [4.78, 5) is 2.51. The molecule has 0 unspecified atom stereocenters. The zero-order valence-corrected chi connectivity index (χ0v) is 12.9. The SMILES string of the molecule is CNCc1oc2ccccc2c1CN1CCC(OC)CC1. The first kappa shape index (κ1) is 14.6. The Kier molecular flexibility index (Phi) is 4.58. The number of hydrogen-bond donors (Lipinski definition) is 1. The minimum absolute atomic E-state index is 0.430. The Balaban J connectivity index is 1.80. The van der Waals surface area contributed by atoms with Gasteiger partial charge >= 0.3 is 0 Å². The molecule has 1 fully saturated rings. The van der Waals surface area contributed by atoms with Gasteiger partial charge in [-0.15, -0.1) is 0 Å². The summed E-state index contributed by atoms with van der Waals surface area (Å²) >= 11 is 0. The number of furan rings is 1. The molecule has 0 amide bonds. The molecule has 4 heteroatoms. The maximum atomic E-state index is 6.01. The number of piperidine rings is 1. The summed E-state index contributed by atoms with van der Waals surface area (Å²) in [6, 6.07) is 8.33. The Morgan fingerprint density at radius 1 is 1.29 bits per heavy atom. The number of nitrogens with one attached hydrogen (secondary N) is 1. The molecule has 2 heterocycles. The second-order valence-corrected chi connectivity index (χ2v) is 5.74. The fraction of sp³-hybridized carbons (Fsp3) is 0.529. The molecule has 0 saturated carbocycles. The highest BCUT2D eigenvalue weighted by atomic mass is 16.5. The van der Waals surface area contributed by atoms with E-state index in [1.54, 1.807) is 0 Å². The van der Waals surface area contributed by atoms with Crippen molar-refractivity contribution in [2.24, 2.45) is 0 Å². The summed E-state index contributed by atoms with van der Waals surface area (Å²) in [5, 5.41) is 4.45. The fourth-order valence-electron chi connectivity index (χ4n) is 3.15. The van der Waals surface area contributed by atoms with Crippen LogP contribution in [0.5, 0.6) is 0 Å². The number of methoxy groups -OCH3 is 1. The number of hydrogen-bond acceptors (Lipinski definition) is 4. The number of ether oxygens (including phenoxy) is 1. The van der Waals surface area contributed by atoms with Gasteiger partial charge in [0.15, 0.2) is 0 Å². The van der Waals surface area contributed by atoms with Gasteiger partial charge in [0, 0.05) is 37.7 Å². The number of para-hydroxylation sites is 1. The molecular weight excluding hydrogens is 264 g/mol. The van der Waals surface area contributed by atoms with E-state index in [1.165, 1.54) is 10.9 Å². The molecule has 0 radical (unpaired) electrons. The lowest BCUT2D eigenvalue weighted by Gasteiger charge is -2.31. The van der Waals surface area contributed by atoms with Crippen LogP contribution in [0.3, 0.4) is 0 Å². The number of benzene rings is 1. The molecule has 1 aliphatic heterocycles. The Morgan fingerprint density at radius 2 is 2.05 bits per heavy atom. The van der Waals surface area contributed by atoms with Crippen molar-refractivity contribution < 1.29 is 9.15 Å². The average molecular weight is 288 g/mol. The number of fused-ring (bicyclic) bond motifs is 1. The summed E-state index contributed by atoms with van der Waals surface area (Å²) in [5.74, 6) is 1.06. The van der Waals surface area contributed by atoms with Gasteiger partial charge in [-0.3, -0.25) is 4.90 Å². The summed E-state index contributed by atoms with van der Waals surface area (Å²) in [7, 11) is 3.77. The van der Waals surface area contributed by atoms with Crippen molar-refractivity contribution in [2.75, 3.05) is 27.2 Å². The zero-order chi connectivity index (χ0) is 14.7. The van der Waals surface area contributed by atoms with Crippen molar-refractivity contribution in [3.63, 3.8) is 0 Å². The van der Waals surface area contributed by atoms with E-state index in [9.17, 15) is 0 Å². The van der Waals surface area contributed by atoms with Crippen molar-refractivity contribution in [1.29, 1.82) is 0 Å². The van der Waals surface area contributed by atoms with E-state index < -0.39 is 0 Å². The molecule has 2 aromatic rings. The lowest BCUT2D eigenvalue weighted by atomic mass is 10.1. The lowest BCUT2D eigenvalue weighted by Crippen LogP contribution is -2.36. The smallest absolute Gasteiger partial charge is 0.134 e. The van der Waals surface area contributed by atoms with Crippen LogP contribution in [0.15, 0.2) is 28.7 Å². The standard InChI is InChI=1S/C17H24N2O2/c1-18-11-17-15(14-5-3-4-6-16(14)21-17)12-19-9-7-13(20-2)8-10-19/h3-6,13,18H,7-12H2,1-2H3. The van der Waals surface area contributed by atoms with E-state index in [-0.39, 0.29) is 0 Å². The highest BCUT2D eigenvalue weighted by Crippen LogP contribution is 2.28. The molecule has 4 nitrogen and oxygen atoms in total. The first-order valence-electron chi connectivity index (χ1n) is 7.71. The summed E-state index contributed by atoms with van der Waals surface area (Å²) < 4.78 is 11.5. The molecule has 1 aromatic carbocycles. The van der Waals surface area contributed by atoms with Gasteiger partial charge in [0.05, 0.1) is 12.6 Å². The van der Waals surface area contributed by atoms with Crippen LogP contribution in [-0.2, 0) is 17.8 Å². The van der Waals surface area contributed by atoms with Gasteiger partial charge in [0.2, 0.25) is 0 Å². The third-order valence-electron chi connectivity index (χ3n) is 4.37. The van der Waals surface area contributed by atoms with Crippen molar-refractivity contribution in [1.82, 2.24) is 10.2 Å². The van der Waals surface area contributed by atoms with Crippen LogP contribution in [0.4, 0.5) is 0 Å². The molecule has 1 N–H and O–H groups in total. The fourth-order valence-corrected chi connectivity index (χ4v) is 3.15. The highest BCUT2D eigenvalue weighted by molar-refractivity contribution is 5.82. The van der Waals surface area contributed by atoms with E-state index in [0.717, 1.165) is 50.4 Å². The van der Waals surface area contributed by atoms with Crippen LogP contribution in [0.25, 0.3) is 11.0 Å². The van der Waals surface area contributed by atoms with Crippen molar-refractivity contribution >= 4 is 11.0 Å². The van der Waals surface area contributed by atoms with Gasteiger partial charge < -0.3 is 14.5 Å². The second kappa shape index (κ2) is 6.60. The van der Waals surface area contributed by atoms with E-state index in [0.29, 0.717) is 6.10 Å². The van der Waals surface area contributed by atoms with Crippen LogP contribution in [0, 0.1) is 0 Å². The Morgan fingerprint density at radius 3 is 2.76 bits per heavy atom. The van der Waals surface area contributed by atoms with Crippen LogP contribution in [0.1, 0.15) is 24.2 Å². The molecule has 0 bridgehead atoms. The van der Waals surface area contributed by atoms with E-state index >= 15 is 0 Å². The normalized spacial score (nSPS) is 17.6. The minimum atomic E-state index is 0.430. The van der Waals surface area contributed by atoms with Gasteiger partial charge in [0.25, 0.3) is 0 Å². The van der Waals surface area contributed by atoms with E-state index in [1.807, 2.05) is 20.2 Å². The number of likely N-dealkylation sites (tertiary alicyclic amines) is 1. The first-order valence-corrected chi connectivity index (χ1v) is 7.71. The van der Waals surface area contributed by atoms with Gasteiger partial charge in [-0.2, -0.15) is 0 Å². The summed E-state index contributed by atoms with van der Waals surface area (Å²) in [6.45, 7) is 3.93. The topological polar surface area (TPSA) is 37.6 Å². The number of nitrogens with zero attached hydrogens (tertiary/aromatic N) is 1. The molecule has 114 valence electrons. The Hall–Kier alpha value is -1.36. The van der Waals surface area contributed by atoms with Crippen LogP contribution in [-0.4, -0.2) is 38.3 Å². The van der Waals surface area contributed by atoms with Gasteiger partial charge in [-0.1, -0.05) is 18.2 Å². The lowest BCUT2D eigenvalue weighted by molar-refractivity contribution is 0.0388. The Labute approximate surface area is 126 Å². The largest absolute Gasteiger partial charge is 0.459 e.